The number of nitrogens with one attached hydrogen (secondary N) is 2. The van der Waals surface area contributed by atoms with E-state index < -0.39 is 11.8 Å². The van der Waals surface area contributed by atoms with Crippen molar-refractivity contribution in [3.05, 3.63) is 88.4 Å². The zero-order valence-corrected chi connectivity index (χ0v) is 18.3. The molecule has 3 aromatic rings. The molecule has 0 saturated carbocycles. The largest absolute Gasteiger partial charge is 0.493 e. The van der Waals surface area contributed by atoms with Crippen molar-refractivity contribution in [3.63, 3.8) is 0 Å². The third-order valence-corrected chi connectivity index (χ3v) is 4.94. The van der Waals surface area contributed by atoms with Crippen molar-refractivity contribution in [2.45, 2.75) is 13.5 Å². The number of anilines is 1. The molecule has 2 N–H and O–H groups in total. The Morgan fingerprint density at radius 3 is 2.53 bits per heavy atom. The normalized spacial score (nSPS) is 10.6. The van der Waals surface area contributed by atoms with Gasteiger partial charge in [0.2, 0.25) is 0 Å². The number of ether oxygens (including phenoxy) is 2. The first-order chi connectivity index (χ1) is 15.5. The van der Waals surface area contributed by atoms with Crippen LogP contribution in [0, 0.1) is 6.92 Å². The summed E-state index contributed by atoms with van der Waals surface area (Å²) in [6.45, 7) is 2.15. The van der Waals surface area contributed by atoms with Crippen LogP contribution in [0.2, 0.25) is 5.02 Å². The number of amides is 2. The Hall–Kier alpha value is -3.84. The molecule has 0 spiro atoms. The summed E-state index contributed by atoms with van der Waals surface area (Å²) in [4.78, 5) is 24.1. The second-order valence-corrected chi connectivity index (χ2v) is 7.16. The number of halogens is 1. The Bertz CT molecular complexity index is 1130. The highest BCUT2D eigenvalue weighted by Crippen LogP contribution is 2.28. The van der Waals surface area contributed by atoms with E-state index in [1.807, 2.05) is 30.3 Å². The van der Waals surface area contributed by atoms with Crippen molar-refractivity contribution in [2.24, 2.45) is 5.10 Å². The maximum absolute atomic E-state index is 12.1. The summed E-state index contributed by atoms with van der Waals surface area (Å²) in [5.41, 5.74) is 5.01. The Balaban J connectivity index is 1.57. The number of methoxy groups -OCH3 is 1. The Kier molecular flexibility index (Phi) is 7.83. The molecule has 0 aliphatic rings. The van der Waals surface area contributed by atoms with Gasteiger partial charge in [-0.3, -0.25) is 9.59 Å². The summed E-state index contributed by atoms with van der Waals surface area (Å²) in [5.74, 6) is -0.663. The summed E-state index contributed by atoms with van der Waals surface area (Å²) in [6.07, 6.45) is 1.40. The molecule has 0 atom stereocenters. The van der Waals surface area contributed by atoms with Gasteiger partial charge in [-0.2, -0.15) is 5.10 Å². The summed E-state index contributed by atoms with van der Waals surface area (Å²) >= 11 is 6.02. The summed E-state index contributed by atoms with van der Waals surface area (Å²) < 4.78 is 11.2. The van der Waals surface area contributed by atoms with Crippen molar-refractivity contribution in [2.75, 3.05) is 12.4 Å². The van der Waals surface area contributed by atoms with Crippen LogP contribution >= 0.6 is 11.6 Å². The number of carbonyl (C=O) groups is 2. The van der Waals surface area contributed by atoms with E-state index in [4.69, 9.17) is 21.1 Å². The number of hydrogen-bond donors (Lipinski definition) is 2. The number of nitrogens with zero attached hydrogens (tertiary/aromatic N) is 1. The van der Waals surface area contributed by atoms with E-state index in [0.717, 1.165) is 5.56 Å². The fourth-order valence-corrected chi connectivity index (χ4v) is 2.93. The number of hydrogen-bond acceptors (Lipinski definition) is 5. The smallest absolute Gasteiger partial charge is 0.329 e. The summed E-state index contributed by atoms with van der Waals surface area (Å²) in [7, 11) is 1.54. The molecule has 0 saturated heterocycles. The molecule has 7 nitrogen and oxygen atoms in total. The van der Waals surface area contributed by atoms with E-state index in [1.165, 1.54) is 13.3 Å². The first-order valence-corrected chi connectivity index (χ1v) is 10.1. The molecule has 0 fully saturated rings. The minimum atomic E-state index is -0.907. The fraction of sp³-hybridized carbons (Fsp3) is 0.125. The lowest BCUT2D eigenvalue weighted by Crippen LogP contribution is -2.32. The zero-order valence-electron chi connectivity index (χ0n) is 17.6. The Morgan fingerprint density at radius 2 is 1.78 bits per heavy atom. The maximum Gasteiger partial charge on any atom is 0.329 e. The monoisotopic (exact) mass is 451 g/mol. The fourth-order valence-electron chi connectivity index (χ4n) is 2.76. The van der Waals surface area contributed by atoms with Crippen LogP contribution in [-0.2, 0) is 16.2 Å². The van der Waals surface area contributed by atoms with Crippen molar-refractivity contribution in [3.8, 4) is 11.5 Å². The van der Waals surface area contributed by atoms with Crippen molar-refractivity contribution >= 4 is 35.3 Å². The van der Waals surface area contributed by atoms with E-state index >= 15 is 0 Å². The molecule has 164 valence electrons. The van der Waals surface area contributed by atoms with Crippen molar-refractivity contribution in [1.82, 2.24) is 5.43 Å². The van der Waals surface area contributed by atoms with Gasteiger partial charge in [0.25, 0.3) is 0 Å². The predicted molar refractivity (Wildman–Crippen MR) is 124 cm³/mol. The number of hydrazone groups is 1. The highest BCUT2D eigenvalue weighted by atomic mass is 35.5. The minimum absolute atomic E-state index is 0.405. The van der Waals surface area contributed by atoms with Crippen LogP contribution in [0.25, 0.3) is 0 Å². The van der Waals surface area contributed by atoms with E-state index in [9.17, 15) is 9.59 Å². The van der Waals surface area contributed by atoms with E-state index in [0.29, 0.717) is 39.9 Å². The van der Waals surface area contributed by atoms with Gasteiger partial charge in [-0.25, -0.2) is 5.43 Å². The zero-order chi connectivity index (χ0) is 22.9. The molecule has 0 radical (unpaired) electrons. The second-order valence-electron chi connectivity index (χ2n) is 6.75. The lowest BCUT2D eigenvalue weighted by atomic mass is 10.2. The molecule has 0 aliphatic heterocycles. The number of benzene rings is 3. The Labute approximate surface area is 191 Å². The molecule has 0 aromatic heterocycles. The molecule has 0 aliphatic carbocycles. The van der Waals surface area contributed by atoms with Crippen molar-refractivity contribution in [1.29, 1.82) is 0 Å². The molecule has 0 bridgehead atoms. The van der Waals surface area contributed by atoms with Gasteiger partial charge >= 0.3 is 11.8 Å². The average Bonchev–Trinajstić information content (AvgIpc) is 2.81. The third-order valence-electron chi connectivity index (χ3n) is 4.53. The van der Waals surface area contributed by atoms with Crippen LogP contribution in [0.3, 0.4) is 0 Å². The van der Waals surface area contributed by atoms with Gasteiger partial charge in [0, 0.05) is 10.7 Å². The number of rotatable bonds is 7. The summed E-state index contributed by atoms with van der Waals surface area (Å²) in [5, 5.41) is 6.83. The van der Waals surface area contributed by atoms with Crippen LogP contribution in [-0.4, -0.2) is 25.1 Å². The van der Waals surface area contributed by atoms with E-state index in [2.05, 4.69) is 15.8 Å². The quantitative estimate of drug-likeness (QED) is 0.318. The SMILES string of the molecule is COc1cc(/C=N\NC(=O)C(=O)Nc2cccc(Cl)c2C)ccc1OCc1ccccc1. The molecular formula is C24H22ClN3O4. The van der Waals surface area contributed by atoms with Gasteiger partial charge < -0.3 is 14.8 Å². The molecule has 8 heteroatoms. The standard InChI is InChI=1S/C24H22ClN3O4/c1-16-19(25)9-6-10-20(16)27-23(29)24(30)28-26-14-18-11-12-21(22(13-18)31-2)32-15-17-7-4-3-5-8-17/h3-14H,15H2,1-2H3,(H,27,29)(H,28,30)/b26-14-. The van der Waals surface area contributed by atoms with Crippen LogP contribution in [0.1, 0.15) is 16.7 Å². The van der Waals surface area contributed by atoms with Gasteiger partial charge in [0.05, 0.1) is 13.3 Å². The lowest BCUT2D eigenvalue weighted by molar-refractivity contribution is -0.136. The molecule has 2 amide bonds. The van der Waals surface area contributed by atoms with Crippen LogP contribution < -0.4 is 20.2 Å². The molecule has 0 unspecified atom stereocenters. The van der Waals surface area contributed by atoms with Crippen LogP contribution in [0.15, 0.2) is 71.8 Å². The Morgan fingerprint density at radius 1 is 1.00 bits per heavy atom. The summed E-state index contributed by atoms with van der Waals surface area (Å²) in [6, 6.07) is 20.0. The van der Waals surface area contributed by atoms with E-state index in [-0.39, 0.29) is 0 Å². The molecule has 0 heterocycles. The highest BCUT2D eigenvalue weighted by Gasteiger charge is 2.14. The second kappa shape index (κ2) is 11.0. The van der Waals surface area contributed by atoms with Gasteiger partial charge in [0.15, 0.2) is 11.5 Å². The van der Waals surface area contributed by atoms with Crippen LogP contribution in [0.4, 0.5) is 5.69 Å². The van der Waals surface area contributed by atoms with Gasteiger partial charge in [-0.05, 0) is 53.9 Å². The van der Waals surface area contributed by atoms with Crippen LogP contribution in [0.5, 0.6) is 11.5 Å². The predicted octanol–water partition coefficient (Wildman–Crippen LogP) is 4.32. The minimum Gasteiger partial charge on any atom is -0.493 e. The first-order valence-electron chi connectivity index (χ1n) is 9.72. The molecule has 3 rings (SSSR count). The average molecular weight is 452 g/mol. The number of carbonyl (C=O) groups excluding carboxylic acids is 2. The van der Waals surface area contributed by atoms with Gasteiger partial charge in [-0.1, -0.05) is 48.0 Å². The van der Waals surface area contributed by atoms with Gasteiger partial charge in [0.1, 0.15) is 6.61 Å². The third kappa shape index (κ3) is 6.09. The molecular weight excluding hydrogens is 430 g/mol. The molecule has 3 aromatic carbocycles. The molecule has 32 heavy (non-hydrogen) atoms. The van der Waals surface area contributed by atoms with Crippen molar-refractivity contribution < 1.29 is 19.1 Å². The highest BCUT2D eigenvalue weighted by molar-refractivity contribution is 6.40. The maximum atomic E-state index is 12.1. The lowest BCUT2D eigenvalue weighted by Gasteiger charge is -2.11. The first kappa shape index (κ1) is 22.8. The topological polar surface area (TPSA) is 89.0 Å². The van der Waals surface area contributed by atoms with Gasteiger partial charge in [-0.15, -0.1) is 0 Å². The van der Waals surface area contributed by atoms with E-state index in [1.54, 1.807) is 43.3 Å².